The normalized spacial score (nSPS) is 17.2. The van der Waals surface area contributed by atoms with E-state index in [0.717, 1.165) is 37.8 Å². The lowest BCUT2D eigenvalue weighted by Crippen LogP contribution is -2.40. The van der Waals surface area contributed by atoms with E-state index < -0.39 is 11.0 Å². The van der Waals surface area contributed by atoms with Crippen LogP contribution in [0.2, 0.25) is 0 Å². The molecule has 32 heavy (non-hydrogen) atoms. The van der Waals surface area contributed by atoms with Crippen molar-refractivity contribution in [2.45, 2.75) is 51.2 Å². The number of aliphatic hydroxyl groups is 1. The Kier molecular flexibility index (Phi) is 8.19. The number of aliphatic hydroxyl groups excluding tert-OH is 1. The van der Waals surface area contributed by atoms with E-state index in [4.69, 9.17) is 10.5 Å². The first-order valence-corrected chi connectivity index (χ1v) is 11.1. The Morgan fingerprint density at radius 3 is 2.75 bits per heavy atom. The molecule has 0 spiro atoms. The van der Waals surface area contributed by atoms with Gasteiger partial charge < -0.3 is 20.9 Å². The van der Waals surface area contributed by atoms with Crippen LogP contribution in [0.1, 0.15) is 61.4 Å². The van der Waals surface area contributed by atoms with Crippen LogP contribution < -0.4 is 15.8 Å². The Bertz CT molecular complexity index is 947. The summed E-state index contributed by atoms with van der Waals surface area (Å²) in [5, 5.41) is 24.6. The van der Waals surface area contributed by atoms with Crippen LogP contribution in [0.3, 0.4) is 0 Å². The molecule has 8 nitrogen and oxygen atoms in total. The maximum Gasteiger partial charge on any atom is 0.278 e. The van der Waals surface area contributed by atoms with Crippen LogP contribution >= 0.6 is 0 Å². The van der Waals surface area contributed by atoms with Gasteiger partial charge in [0.15, 0.2) is 0 Å². The molecule has 2 aromatic rings. The molecule has 1 heterocycles. The standard InChI is InChI=1S/C24H31N3O5/c1-16(28)22-20(27(30)31)11-7-12-21(22)32-15-6-2-3-10-19(24(25)29)23-18-9-5-4-8-17(18)13-14-26-23/h4-5,7-9,11-12,16,19,23,26,28H,2-3,6,10,13-15H2,1H3,(H2,25,29). The Morgan fingerprint density at radius 1 is 1.25 bits per heavy atom. The molecule has 172 valence electrons. The number of ether oxygens (including phenoxy) is 1. The quantitative estimate of drug-likeness (QED) is 0.278. The number of fused-ring (bicyclic) bond motifs is 1. The van der Waals surface area contributed by atoms with E-state index in [-0.39, 0.29) is 29.1 Å². The van der Waals surface area contributed by atoms with Crippen LogP contribution in [0.4, 0.5) is 5.69 Å². The molecular formula is C24H31N3O5. The number of nitrogens with two attached hydrogens (primary N) is 1. The molecule has 2 aromatic carbocycles. The topological polar surface area (TPSA) is 128 Å². The summed E-state index contributed by atoms with van der Waals surface area (Å²) in [7, 11) is 0. The smallest absolute Gasteiger partial charge is 0.278 e. The van der Waals surface area contributed by atoms with Crippen molar-refractivity contribution in [2.75, 3.05) is 13.2 Å². The van der Waals surface area contributed by atoms with E-state index in [1.807, 2.05) is 12.1 Å². The minimum Gasteiger partial charge on any atom is -0.493 e. The van der Waals surface area contributed by atoms with E-state index in [1.165, 1.54) is 18.6 Å². The third kappa shape index (κ3) is 5.63. The largest absolute Gasteiger partial charge is 0.493 e. The van der Waals surface area contributed by atoms with Gasteiger partial charge in [0, 0.05) is 12.1 Å². The highest BCUT2D eigenvalue weighted by atomic mass is 16.6. The second-order valence-electron chi connectivity index (χ2n) is 8.21. The fraction of sp³-hybridized carbons (Fsp3) is 0.458. The molecule has 0 aromatic heterocycles. The SMILES string of the molecule is CC(O)c1c(OCCCCCC(C(N)=O)C2NCCc3ccccc32)cccc1[N+](=O)[O-]. The summed E-state index contributed by atoms with van der Waals surface area (Å²) in [6, 6.07) is 12.6. The van der Waals surface area contributed by atoms with Gasteiger partial charge in [-0.3, -0.25) is 14.9 Å². The number of amides is 1. The highest BCUT2D eigenvalue weighted by Crippen LogP contribution is 2.34. The van der Waals surface area contributed by atoms with E-state index in [0.29, 0.717) is 18.8 Å². The van der Waals surface area contributed by atoms with Crippen molar-refractivity contribution < 1.29 is 19.6 Å². The van der Waals surface area contributed by atoms with Crippen LogP contribution in [0.25, 0.3) is 0 Å². The summed E-state index contributed by atoms with van der Waals surface area (Å²) in [6.45, 7) is 2.68. The molecule has 0 radical (unpaired) electrons. The number of primary amides is 1. The number of nitro benzene ring substituents is 1. The van der Waals surface area contributed by atoms with E-state index in [2.05, 4.69) is 17.4 Å². The summed E-state index contributed by atoms with van der Waals surface area (Å²) in [5.74, 6) is -0.253. The summed E-state index contributed by atoms with van der Waals surface area (Å²) < 4.78 is 5.74. The number of hydrogen-bond acceptors (Lipinski definition) is 6. The number of carbonyl (C=O) groups excluding carboxylic acids is 1. The van der Waals surface area contributed by atoms with Gasteiger partial charge in [-0.15, -0.1) is 0 Å². The highest BCUT2D eigenvalue weighted by molar-refractivity contribution is 5.77. The molecule has 1 aliphatic heterocycles. The number of benzene rings is 2. The average molecular weight is 442 g/mol. The Hall–Kier alpha value is -2.97. The minimum atomic E-state index is -1.01. The van der Waals surface area contributed by atoms with Crippen LogP contribution in [-0.4, -0.2) is 29.1 Å². The van der Waals surface area contributed by atoms with Crippen molar-refractivity contribution >= 4 is 11.6 Å². The minimum absolute atomic E-state index is 0.0628. The van der Waals surface area contributed by atoms with Crippen LogP contribution in [0.15, 0.2) is 42.5 Å². The first-order chi connectivity index (χ1) is 15.4. The van der Waals surface area contributed by atoms with Gasteiger partial charge in [0.25, 0.3) is 5.69 Å². The molecule has 8 heteroatoms. The van der Waals surface area contributed by atoms with Gasteiger partial charge in [-0.2, -0.15) is 0 Å². The van der Waals surface area contributed by atoms with Crippen molar-refractivity contribution in [1.29, 1.82) is 0 Å². The lowest BCUT2D eigenvalue weighted by molar-refractivity contribution is -0.386. The van der Waals surface area contributed by atoms with Gasteiger partial charge >= 0.3 is 0 Å². The molecule has 1 aliphatic rings. The zero-order valence-corrected chi connectivity index (χ0v) is 18.3. The molecule has 0 fully saturated rings. The van der Waals surface area contributed by atoms with Gasteiger partial charge in [0.2, 0.25) is 5.91 Å². The summed E-state index contributed by atoms with van der Waals surface area (Å²) in [6.07, 6.45) is 2.99. The van der Waals surface area contributed by atoms with E-state index in [1.54, 1.807) is 12.1 Å². The third-order valence-electron chi connectivity index (χ3n) is 5.99. The molecule has 0 saturated carbocycles. The molecule has 3 rings (SSSR count). The van der Waals surface area contributed by atoms with Gasteiger partial charge in [0.05, 0.1) is 29.1 Å². The second kappa shape index (κ2) is 11.1. The number of nitrogens with one attached hydrogen (secondary N) is 1. The zero-order valence-electron chi connectivity index (χ0n) is 18.3. The Balaban J connectivity index is 1.52. The average Bonchev–Trinajstić information content (AvgIpc) is 2.77. The van der Waals surface area contributed by atoms with Crippen molar-refractivity contribution in [3.63, 3.8) is 0 Å². The number of hydrogen-bond donors (Lipinski definition) is 3. The fourth-order valence-corrected chi connectivity index (χ4v) is 4.43. The molecule has 1 amide bonds. The first-order valence-electron chi connectivity index (χ1n) is 11.1. The lowest BCUT2D eigenvalue weighted by Gasteiger charge is -2.32. The van der Waals surface area contributed by atoms with Crippen molar-refractivity contribution in [3.05, 3.63) is 69.3 Å². The van der Waals surface area contributed by atoms with Crippen molar-refractivity contribution in [2.24, 2.45) is 11.7 Å². The maximum atomic E-state index is 12.2. The molecule has 0 bridgehead atoms. The fourth-order valence-electron chi connectivity index (χ4n) is 4.43. The number of unbranched alkanes of at least 4 members (excludes halogenated alkanes) is 2. The van der Waals surface area contributed by atoms with Crippen LogP contribution in [-0.2, 0) is 11.2 Å². The van der Waals surface area contributed by atoms with Gasteiger partial charge in [-0.1, -0.05) is 43.2 Å². The van der Waals surface area contributed by atoms with Crippen molar-refractivity contribution in [1.82, 2.24) is 5.32 Å². The van der Waals surface area contributed by atoms with E-state index >= 15 is 0 Å². The van der Waals surface area contributed by atoms with Gasteiger partial charge in [-0.05, 0) is 49.9 Å². The monoisotopic (exact) mass is 441 g/mol. The number of nitro groups is 1. The number of carbonyl (C=O) groups is 1. The molecule has 0 saturated heterocycles. The van der Waals surface area contributed by atoms with Crippen LogP contribution in [0.5, 0.6) is 5.75 Å². The molecule has 3 unspecified atom stereocenters. The molecular weight excluding hydrogens is 410 g/mol. The molecule has 3 atom stereocenters. The summed E-state index contributed by atoms with van der Waals surface area (Å²) >= 11 is 0. The van der Waals surface area contributed by atoms with E-state index in [9.17, 15) is 20.0 Å². The zero-order chi connectivity index (χ0) is 23.1. The highest BCUT2D eigenvalue weighted by Gasteiger charge is 2.30. The molecule has 0 aliphatic carbocycles. The second-order valence-corrected chi connectivity index (χ2v) is 8.21. The third-order valence-corrected chi connectivity index (χ3v) is 5.99. The Morgan fingerprint density at radius 2 is 2.03 bits per heavy atom. The molecule has 4 N–H and O–H groups in total. The predicted octanol–water partition coefficient (Wildman–Crippen LogP) is 3.58. The summed E-state index contributed by atoms with van der Waals surface area (Å²) in [5.41, 5.74) is 8.20. The number of nitrogens with zero attached hydrogens (tertiary/aromatic N) is 1. The maximum absolute atomic E-state index is 12.2. The first kappa shape index (κ1) is 23.7. The Labute approximate surface area is 187 Å². The van der Waals surface area contributed by atoms with Gasteiger partial charge in [-0.25, -0.2) is 0 Å². The van der Waals surface area contributed by atoms with Gasteiger partial charge in [0.1, 0.15) is 5.75 Å². The summed E-state index contributed by atoms with van der Waals surface area (Å²) in [4.78, 5) is 22.9. The lowest BCUT2D eigenvalue weighted by atomic mass is 9.83. The van der Waals surface area contributed by atoms with Crippen molar-refractivity contribution in [3.8, 4) is 5.75 Å². The predicted molar refractivity (Wildman–Crippen MR) is 121 cm³/mol. The van der Waals surface area contributed by atoms with Crippen LogP contribution in [0, 0.1) is 16.0 Å². The number of rotatable bonds is 11.